The Morgan fingerprint density at radius 3 is 2.57 bits per heavy atom. The molecule has 0 aliphatic rings. The predicted octanol–water partition coefficient (Wildman–Crippen LogP) is 2.35. The Morgan fingerprint density at radius 1 is 1.22 bits per heavy atom. The van der Waals surface area contributed by atoms with E-state index in [1.807, 2.05) is 0 Å². The molecule has 0 unspecified atom stereocenters. The average Bonchev–Trinajstić information content (AvgIpc) is 2.55. The van der Waals surface area contributed by atoms with Gasteiger partial charge in [-0.1, -0.05) is 6.07 Å². The Hall–Kier alpha value is -3.56. The van der Waals surface area contributed by atoms with E-state index < -0.39 is 9.85 Å². The molecular formula is C13H11N5O5. The molecule has 10 nitrogen and oxygen atoms in total. The van der Waals surface area contributed by atoms with Crippen LogP contribution in [0.3, 0.4) is 0 Å². The zero-order chi connectivity index (χ0) is 16.8. The summed E-state index contributed by atoms with van der Waals surface area (Å²) < 4.78 is 5.03. The van der Waals surface area contributed by atoms with E-state index in [0.29, 0.717) is 5.56 Å². The third kappa shape index (κ3) is 3.75. The molecule has 1 heterocycles. The monoisotopic (exact) mass is 317 g/mol. The number of pyridine rings is 1. The van der Waals surface area contributed by atoms with Crippen LogP contribution in [0.1, 0.15) is 5.56 Å². The second kappa shape index (κ2) is 6.93. The fourth-order valence-electron chi connectivity index (χ4n) is 1.74. The van der Waals surface area contributed by atoms with Crippen LogP contribution in [0, 0.1) is 20.2 Å². The molecule has 23 heavy (non-hydrogen) atoms. The number of methoxy groups -OCH3 is 1. The first kappa shape index (κ1) is 15.8. The van der Waals surface area contributed by atoms with Crippen molar-refractivity contribution in [2.75, 3.05) is 12.5 Å². The van der Waals surface area contributed by atoms with E-state index in [1.165, 1.54) is 37.6 Å². The Labute approximate surface area is 129 Å². The van der Waals surface area contributed by atoms with E-state index in [9.17, 15) is 20.2 Å². The molecule has 0 spiro atoms. The second-order valence-electron chi connectivity index (χ2n) is 4.19. The van der Waals surface area contributed by atoms with Crippen molar-refractivity contribution in [2.45, 2.75) is 0 Å². The first-order chi connectivity index (χ1) is 11.0. The van der Waals surface area contributed by atoms with Gasteiger partial charge in [-0.2, -0.15) is 5.10 Å². The summed E-state index contributed by atoms with van der Waals surface area (Å²) in [7, 11) is 1.32. The summed E-state index contributed by atoms with van der Waals surface area (Å²) in [5.74, 6) is 0.371. The highest BCUT2D eigenvalue weighted by molar-refractivity contribution is 5.86. The number of hydrogen-bond donors (Lipinski definition) is 1. The number of nitrogens with one attached hydrogen (secondary N) is 1. The predicted molar refractivity (Wildman–Crippen MR) is 81.8 cm³/mol. The largest absolute Gasteiger partial charge is 0.490 e. The van der Waals surface area contributed by atoms with Gasteiger partial charge >= 0.3 is 5.69 Å². The average molecular weight is 317 g/mol. The van der Waals surface area contributed by atoms with Gasteiger partial charge < -0.3 is 4.74 Å². The van der Waals surface area contributed by atoms with Crippen molar-refractivity contribution in [2.24, 2.45) is 5.10 Å². The van der Waals surface area contributed by atoms with Crippen LogP contribution in [0.25, 0.3) is 0 Å². The Kier molecular flexibility index (Phi) is 4.77. The summed E-state index contributed by atoms with van der Waals surface area (Å²) in [6, 6.07) is 7.09. The van der Waals surface area contributed by atoms with Crippen LogP contribution in [-0.4, -0.2) is 28.2 Å². The topological polar surface area (TPSA) is 133 Å². The van der Waals surface area contributed by atoms with E-state index in [1.54, 1.807) is 6.07 Å². The van der Waals surface area contributed by atoms with Crippen LogP contribution in [0.15, 0.2) is 41.6 Å². The van der Waals surface area contributed by atoms with Crippen molar-refractivity contribution in [3.05, 3.63) is 62.3 Å². The van der Waals surface area contributed by atoms with Gasteiger partial charge in [0.05, 0.1) is 23.2 Å². The number of hydrazone groups is 1. The van der Waals surface area contributed by atoms with Gasteiger partial charge in [0, 0.05) is 17.7 Å². The minimum atomic E-state index is -0.561. The summed E-state index contributed by atoms with van der Waals surface area (Å²) in [6.45, 7) is 0. The lowest BCUT2D eigenvalue weighted by Crippen LogP contribution is -1.99. The van der Waals surface area contributed by atoms with Crippen molar-refractivity contribution in [3.8, 4) is 5.75 Å². The van der Waals surface area contributed by atoms with E-state index in [4.69, 9.17) is 4.74 Å². The van der Waals surface area contributed by atoms with Crippen molar-refractivity contribution in [1.82, 2.24) is 4.98 Å². The fourth-order valence-corrected chi connectivity index (χ4v) is 1.74. The Bertz CT molecular complexity index is 760. The van der Waals surface area contributed by atoms with Gasteiger partial charge in [0.2, 0.25) is 5.75 Å². The van der Waals surface area contributed by atoms with Gasteiger partial charge in [-0.3, -0.25) is 25.7 Å². The highest BCUT2D eigenvalue weighted by atomic mass is 16.6. The number of nitrogens with zero attached hydrogens (tertiary/aromatic N) is 4. The van der Waals surface area contributed by atoms with Crippen LogP contribution in [-0.2, 0) is 0 Å². The van der Waals surface area contributed by atoms with Gasteiger partial charge in [0.15, 0.2) is 0 Å². The van der Waals surface area contributed by atoms with Crippen LogP contribution in [0.5, 0.6) is 5.75 Å². The number of rotatable bonds is 6. The smallest absolute Gasteiger partial charge is 0.311 e. The van der Waals surface area contributed by atoms with Crippen molar-refractivity contribution in [1.29, 1.82) is 0 Å². The number of hydrogen-bond acceptors (Lipinski definition) is 8. The van der Waals surface area contributed by atoms with Crippen LogP contribution in [0.4, 0.5) is 17.2 Å². The number of ether oxygens (including phenoxy) is 1. The quantitative estimate of drug-likeness (QED) is 0.491. The van der Waals surface area contributed by atoms with E-state index >= 15 is 0 Å². The maximum absolute atomic E-state index is 10.9. The highest BCUT2D eigenvalue weighted by Crippen LogP contribution is 2.29. The molecule has 0 fully saturated rings. The number of aromatic nitrogens is 1. The molecule has 0 saturated heterocycles. The molecule has 1 N–H and O–H groups in total. The standard InChI is InChI=1S/C13H11N5O5/c1-23-13-9(3-2-4-11(13)18(21)22)7-15-16-12-6-5-10(8-14-12)17(19)20/h2-8H,1H3,(H,14,16)/b15-7+. The van der Waals surface area contributed by atoms with Crippen molar-refractivity contribution in [3.63, 3.8) is 0 Å². The Balaban J connectivity index is 2.16. The Morgan fingerprint density at radius 2 is 2.00 bits per heavy atom. The summed E-state index contributed by atoms with van der Waals surface area (Å²) in [6.07, 6.45) is 2.42. The third-order valence-electron chi connectivity index (χ3n) is 2.77. The third-order valence-corrected chi connectivity index (χ3v) is 2.77. The molecule has 0 saturated carbocycles. The molecule has 2 rings (SSSR count). The normalized spacial score (nSPS) is 10.5. The molecule has 0 aliphatic carbocycles. The first-order valence-electron chi connectivity index (χ1n) is 6.24. The molecule has 0 amide bonds. The highest BCUT2D eigenvalue weighted by Gasteiger charge is 2.16. The van der Waals surface area contributed by atoms with Gasteiger partial charge in [0.25, 0.3) is 5.69 Å². The number of benzene rings is 1. The summed E-state index contributed by atoms with van der Waals surface area (Å²) >= 11 is 0. The van der Waals surface area contributed by atoms with E-state index in [0.717, 1.165) is 6.20 Å². The lowest BCUT2D eigenvalue weighted by Gasteiger charge is -2.04. The molecule has 0 aliphatic heterocycles. The lowest BCUT2D eigenvalue weighted by atomic mass is 10.2. The molecule has 10 heteroatoms. The maximum atomic E-state index is 10.9. The van der Waals surface area contributed by atoms with Crippen molar-refractivity contribution >= 4 is 23.4 Å². The summed E-state index contributed by atoms with van der Waals surface area (Å²) in [5.41, 5.74) is 2.65. The molecule has 2 aromatic rings. The van der Waals surface area contributed by atoms with Crippen LogP contribution < -0.4 is 10.2 Å². The minimum absolute atomic E-state index is 0.0831. The molecular weight excluding hydrogens is 306 g/mol. The molecule has 118 valence electrons. The molecule has 0 bridgehead atoms. The molecule has 0 radical (unpaired) electrons. The number of nitro benzene ring substituents is 1. The fraction of sp³-hybridized carbons (Fsp3) is 0.0769. The van der Waals surface area contributed by atoms with Crippen LogP contribution in [0.2, 0.25) is 0 Å². The SMILES string of the molecule is COc1c(/C=N/Nc2ccc([N+](=O)[O-])cn2)cccc1[N+](=O)[O-]. The van der Waals surface area contributed by atoms with Gasteiger partial charge in [-0.25, -0.2) is 4.98 Å². The molecule has 0 atom stereocenters. The van der Waals surface area contributed by atoms with Gasteiger partial charge in [-0.05, 0) is 12.1 Å². The van der Waals surface area contributed by atoms with Crippen LogP contribution >= 0.6 is 0 Å². The van der Waals surface area contributed by atoms with Gasteiger partial charge in [0.1, 0.15) is 12.0 Å². The summed E-state index contributed by atoms with van der Waals surface area (Å²) in [5, 5.41) is 25.3. The number of nitro groups is 2. The maximum Gasteiger partial charge on any atom is 0.311 e. The number of anilines is 1. The zero-order valence-corrected chi connectivity index (χ0v) is 11.9. The first-order valence-corrected chi connectivity index (χ1v) is 6.24. The zero-order valence-electron chi connectivity index (χ0n) is 11.9. The van der Waals surface area contributed by atoms with E-state index in [-0.39, 0.29) is 22.9 Å². The molecule has 1 aromatic carbocycles. The van der Waals surface area contributed by atoms with Crippen molar-refractivity contribution < 1.29 is 14.6 Å². The minimum Gasteiger partial charge on any atom is -0.490 e. The van der Waals surface area contributed by atoms with Gasteiger partial charge in [-0.15, -0.1) is 0 Å². The number of para-hydroxylation sites is 1. The summed E-state index contributed by atoms with van der Waals surface area (Å²) in [4.78, 5) is 24.1. The lowest BCUT2D eigenvalue weighted by molar-refractivity contribution is -0.385. The van der Waals surface area contributed by atoms with E-state index in [2.05, 4.69) is 15.5 Å². The second-order valence-corrected chi connectivity index (χ2v) is 4.19. The molecule has 1 aromatic heterocycles.